The number of alkyl halides is 3. The van der Waals surface area contributed by atoms with Gasteiger partial charge >= 0.3 is 13.3 Å². The van der Waals surface area contributed by atoms with E-state index in [0.29, 0.717) is 31.6 Å². The maximum Gasteiger partial charge on any atom is 0.492 e. The Morgan fingerprint density at radius 1 is 1.18 bits per heavy atom. The van der Waals surface area contributed by atoms with Gasteiger partial charge in [-0.1, -0.05) is 24.3 Å². The molecule has 146 valence electrons. The Kier molecular flexibility index (Phi) is 4.93. The third-order valence-electron chi connectivity index (χ3n) is 5.44. The molecule has 0 atom stereocenters. The summed E-state index contributed by atoms with van der Waals surface area (Å²) in [4.78, 5) is 14.3. The quantitative estimate of drug-likeness (QED) is 0.821. The highest BCUT2D eigenvalue weighted by Gasteiger charge is 2.32. The van der Waals surface area contributed by atoms with E-state index in [9.17, 15) is 23.0 Å². The maximum atomic E-state index is 13.0. The predicted molar refractivity (Wildman–Crippen MR) is 97.7 cm³/mol. The van der Waals surface area contributed by atoms with Gasteiger partial charge in [0.15, 0.2) is 0 Å². The van der Waals surface area contributed by atoms with Gasteiger partial charge in [0.2, 0.25) is 5.91 Å². The summed E-state index contributed by atoms with van der Waals surface area (Å²) in [5.74, 6) is -0.103. The molecule has 1 amide bonds. The van der Waals surface area contributed by atoms with Crippen molar-refractivity contribution in [3.63, 3.8) is 0 Å². The summed E-state index contributed by atoms with van der Waals surface area (Å²) in [6, 6.07) is 9.37. The van der Waals surface area contributed by atoms with Crippen LogP contribution in [0.5, 0.6) is 0 Å². The first-order chi connectivity index (χ1) is 13.3. The SMILES string of the molecule is O=C(CCc1cccc2c1B(O)OC2)N1CCc2ccc(C(F)(F)F)cc2C1. The second-order valence-corrected chi connectivity index (χ2v) is 7.20. The number of aryl methyl sites for hydroxylation is 1. The van der Waals surface area contributed by atoms with E-state index in [1.54, 1.807) is 4.90 Å². The number of rotatable bonds is 3. The van der Waals surface area contributed by atoms with Crippen LogP contribution in [-0.4, -0.2) is 29.5 Å². The Bertz CT molecular complexity index is 916. The average molecular weight is 389 g/mol. The van der Waals surface area contributed by atoms with E-state index in [1.807, 2.05) is 18.2 Å². The van der Waals surface area contributed by atoms with Crippen LogP contribution in [0.25, 0.3) is 0 Å². The molecule has 2 aliphatic rings. The third-order valence-corrected chi connectivity index (χ3v) is 5.44. The van der Waals surface area contributed by atoms with Gasteiger partial charge in [0.05, 0.1) is 12.2 Å². The lowest BCUT2D eigenvalue weighted by Gasteiger charge is -2.29. The summed E-state index contributed by atoms with van der Waals surface area (Å²) in [6.07, 6.45) is -3.16. The third kappa shape index (κ3) is 3.66. The van der Waals surface area contributed by atoms with Crippen molar-refractivity contribution < 1.29 is 27.6 Å². The van der Waals surface area contributed by atoms with E-state index in [1.165, 1.54) is 6.07 Å². The van der Waals surface area contributed by atoms with Crippen LogP contribution in [0.4, 0.5) is 13.2 Å². The van der Waals surface area contributed by atoms with Crippen molar-refractivity contribution in [2.45, 2.75) is 38.6 Å². The van der Waals surface area contributed by atoms with Gasteiger partial charge in [0.1, 0.15) is 0 Å². The van der Waals surface area contributed by atoms with Crippen LogP contribution < -0.4 is 5.46 Å². The van der Waals surface area contributed by atoms with E-state index in [-0.39, 0.29) is 18.9 Å². The van der Waals surface area contributed by atoms with Crippen molar-refractivity contribution in [1.29, 1.82) is 0 Å². The lowest BCUT2D eigenvalue weighted by Crippen LogP contribution is -2.37. The highest BCUT2D eigenvalue weighted by atomic mass is 19.4. The van der Waals surface area contributed by atoms with Crippen molar-refractivity contribution in [2.75, 3.05) is 6.54 Å². The van der Waals surface area contributed by atoms with Gasteiger partial charge in [-0.05, 0) is 52.7 Å². The van der Waals surface area contributed by atoms with Gasteiger partial charge in [0.25, 0.3) is 0 Å². The molecule has 2 heterocycles. The number of nitrogens with zero attached hydrogens (tertiary/aromatic N) is 1. The van der Waals surface area contributed by atoms with Gasteiger partial charge in [-0.25, -0.2) is 0 Å². The monoisotopic (exact) mass is 389 g/mol. The van der Waals surface area contributed by atoms with Crippen molar-refractivity contribution in [2.24, 2.45) is 0 Å². The number of halogens is 3. The van der Waals surface area contributed by atoms with E-state index in [2.05, 4.69) is 0 Å². The predicted octanol–water partition coefficient (Wildman–Crippen LogP) is 2.44. The highest BCUT2D eigenvalue weighted by molar-refractivity contribution is 6.62. The van der Waals surface area contributed by atoms with Crippen molar-refractivity contribution in [3.05, 3.63) is 64.2 Å². The minimum absolute atomic E-state index is 0.103. The van der Waals surface area contributed by atoms with Gasteiger partial charge in [-0.2, -0.15) is 13.2 Å². The van der Waals surface area contributed by atoms with E-state index >= 15 is 0 Å². The Hall–Kier alpha value is -2.32. The number of hydrogen-bond acceptors (Lipinski definition) is 3. The van der Waals surface area contributed by atoms with Gasteiger partial charge in [-0.15, -0.1) is 0 Å². The Balaban J connectivity index is 1.44. The summed E-state index contributed by atoms with van der Waals surface area (Å²) in [5.41, 5.74) is 3.25. The average Bonchev–Trinajstić information content (AvgIpc) is 3.06. The molecule has 0 unspecified atom stereocenters. The van der Waals surface area contributed by atoms with Crippen molar-refractivity contribution in [3.8, 4) is 0 Å². The molecule has 0 fully saturated rings. The standard InChI is InChI=1S/C20H19BF3NO3/c22-20(23,24)17-6-4-13-8-9-25(11-16(13)10-17)18(26)7-5-14-2-1-3-15-12-28-21(27)19(14)15/h1-4,6,10,27H,5,7-9,11-12H2. The van der Waals surface area contributed by atoms with Crippen LogP contribution >= 0.6 is 0 Å². The lowest BCUT2D eigenvalue weighted by molar-refractivity contribution is -0.137. The zero-order valence-corrected chi connectivity index (χ0v) is 15.1. The molecule has 2 aromatic rings. The summed E-state index contributed by atoms with van der Waals surface area (Å²) in [6.45, 7) is 1.04. The first-order valence-electron chi connectivity index (χ1n) is 9.20. The first-order valence-corrected chi connectivity index (χ1v) is 9.20. The highest BCUT2D eigenvalue weighted by Crippen LogP contribution is 2.32. The topological polar surface area (TPSA) is 49.8 Å². The Labute approximate surface area is 161 Å². The smallest absolute Gasteiger partial charge is 0.423 e. The minimum atomic E-state index is -4.39. The molecule has 1 N–H and O–H groups in total. The molecule has 2 aromatic carbocycles. The Morgan fingerprint density at radius 2 is 2.00 bits per heavy atom. The molecule has 0 bridgehead atoms. The van der Waals surface area contributed by atoms with E-state index in [4.69, 9.17) is 4.65 Å². The first kappa shape index (κ1) is 19.0. The molecule has 4 rings (SSSR count). The molecule has 0 aliphatic carbocycles. The number of benzene rings is 2. The van der Waals surface area contributed by atoms with E-state index in [0.717, 1.165) is 34.3 Å². The zero-order chi connectivity index (χ0) is 19.9. The number of carbonyl (C=O) groups is 1. The largest absolute Gasteiger partial charge is 0.492 e. The van der Waals surface area contributed by atoms with Crippen LogP contribution in [0, 0.1) is 0 Å². The zero-order valence-electron chi connectivity index (χ0n) is 15.1. The molecule has 0 saturated carbocycles. The molecule has 2 aliphatic heterocycles. The Morgan fingerprint density at radius 3 is 2.79 bits per heavy atom. The van der Waals surface area contributed by atoms with Crippen molar-refractivity contribution >= 4 is 18.5 Å². The molecule has 0 saturated heterocycles. The second kappa shape index (κ2) is 7.26. The normalized spacial score (nSPS) is 16.1. The summed E-state index contributed by atoms with van der Waals surface area (Å²) in [5, 5.41) is 9.97. The van der Waals surface area contributed by atoms with Gasteiger partial charge in [-0.3, -0.25) is 4.79 Å². The number of hydrogen-bond donors (Lipinski definition) is 1. The van der Waals surface area contributed by atoms with E-state index < -0.39 is 18.9 Å². The fourth-order valence-electron chi connectivity index (χ4n) is 3.93. The molecule has 0 radical (unpaired) electrons. The maximum absolute atomic E-state index is 13.0. The molecule has 8 heteroatoms. The number of fused-ring (bicyclic) bond motifs is 2. The minimum Gasteiger partial charge on any atom is -0.423 e. The molecular weight excluding hydrogens is 370 g/mol. The molecule has 28 heavy (non-hydrogen) atoms. The second-order valence-electron chi connectivity index (χ2n) is 7.20. The fourth-order valence-corrected chi connectivity index (χ4v) is 3.93. The molecular formula is C20H19BF3NO3. The van der Waals surface area contributed by atoms with Gasteiger partial charge in [0, 0.05) is 19.5 Å². The molecule has 0 aromatic heterocycles. The number of amides is 1. The summed E-state index contributed by atoms with van der Waals surface area (Å²) < 4.78 is 44.1. The lowest BCUT2D eigenvalue weighted by atomic mass is 9.75. The van der Waals surface area contributed by atoms with Crippen LogP contribution in [-0.2, 0) is 41.6 Å². The van der Waals surface area contributed by atoms with Crippen LogP contribution in [0.3, 0.4) is 0 Å². The van der Waals surface area contributed by atoms with Crippen LogP contribution in [0.15, 0.2) is 36.4 Å². The molecule has 0 spiro atoms. The van der Waals surface area contributed by atoms with Crippen LogP contribution in [0.1, 0.15) is 34.2 Å². The number of carbonyl (C=O) groups excluding carboxylic acids is 1. The summed E-state index contributed by atoms with van der Waals surface area (Å²) in [7, 11) is -0.969. The van der Waals surface area contributed by atoms with Crippen molar-refractivity contribution in [1.82, 2.24) is 4.90 Å². The molecule has 4 nitrogen and oxygen atoms in total. The van der Waals surface area contributed by atoms with Gasteiger partial charge < -0.3 is 14.6 Å². The fraction of sp³-hybridized carbons (Fsp3) is 0.350. The van der Waals surface area contributed by atoms with Crippen LogP contribution in [0.2, 0.25) is 0 Å². The summed E-state index contributed by atoms with van der Waals surface area (Å²) >= 11 is 0.